The average molecular weight is 423 g/mol. The van der Waals surface area contributed by atoms with Crippen molar-refractivity contribution < 1.29 is 13.3 Å². The Morgan fingerprint density at radius 1 is 0.654 bits per heavy atom. The van der Waals surface area contributed by atoms with Gasteiger partial charge in [-0.3, -0.25) is 0 Å². The van der Waals surface area contributed by atoms with E-state index in [-0.39, 0.29) is 3.99 Å². The van der Waals surface area contributed by atoms with Crippen molar-refractivity contribution in [3.05, 3.63) is 0 Å². The molecular formula is C20H46O3SSi2. The molecule has 0 saturated heterocycles. The Hall–Kier alpha value is 0.664. The largest absolute Gasteiger partial charge is 0.514 e. The second-order valence-corrected chi connectivity index (χ2v) is 18.5. The van der Waals surface area contributed by atoms with Gasteiger partial charge in [-0.2, -0.15) is 12.6 Å². The first-order chi connectivity index (χ1) is 12.4. The summed E-state index contributed by atoms with van der Waals surface area (Å²) in [5.74, 6) is 0. The van der Waals surface area contributed by atoms with Gasteiger partial charge in [0.25, 0.3) is 0 Å². The second-order valence-electron chi connectivity index (χ2n) is 7.58. The zero-order valence-corrected chi connectivity index (χ0v) is 21.6. The zero-order chi connectivity index (χ0) is 20.1. The van der Waals surface area contributed by atoms with Crippen molar-refractivity contribution >= 4 is 29.5 Å². The molecule has 0 radical (unpaired) electrons. The molecule has 0 heterocycles. The Morgan fingerprint density at radius 3 is 1.19 bits per heavy atom. The predicted octanol–water partition coefficient (Wildman–Crippen LogP) is 6.65. The molecule has 1 atom stereocenters. The fraction of sp³-hybridized carbons (Fsp3) is 1.00. The van der Waals surface area contributed by atoms with Gasteiger partial charge in [0.2, 0.25) is 0 Å². The van der Waals surface area contributed by atoms with E-state index in [1.807, 2.05) is 0 Å². The Balaban J connectivity index is 5.88. The van der Waals surface area contributed by atoms with E-state index in [1.165, 1.54) is 18.1 Å². The Kier molecular flexibility index (Phi) is 14.1. The molecule has 0 fully saturated rings. The molecule has 0 aromatic carbocycles. The minimum atomic E-state index is -2.91. The zero-order valence-electron chi connectivity index (χ0n) is 18.7. The van der Waals surface area contributed by atoms with Gasteiger partial charge < -0.3 is 13.3 Å². The van der Waals surface area contributed by atoms with Gasteiger partial charge in [0.1, 0.15) is 0 Å². The van der Waals surface area contributed by atoms with Crippen LogP contribution in [0.25, 0.3) is 0 Å². The van der Waals surface area contributed by atoms with Crippen LogP contribution in [0, 0.1) is 0 Å². The number of rotatable bonds is 17. The summed E-state index contributed by atoms with van der Waals surface area (Å²) < 4.78 is 19.5. The van der Waals surface area contributed by atoms with Crippen LogP contribution in [0.3, 0.4) is 0 Å². The minimum Gasteiger partial charge on any atom is -0.373 e. The van der Waals surface area contributed by atoms with Crippen LogP contribution in [0.15, 0.2) is 0 Å². The minimum absolute atomic E-state index is 0.270. The molecule has 0 amide bonds. The number of hydrogen-bond donors (Lipinski definition) is 1. The molecule has 158 valence electrons. The lowest BCUT2D eigenvalue weighted by Gasteiger charge is -2.50. The molecule has 26 heavy (non-hydrogen) atoms. The highest BCUT2D eigenvalue weighted by Gasteiger charge is 2.65. The molecule has 0 unspecified atom stereocenters. The van der Waals surface area contributed by atoms with Crippen LogP contribution in [0.1, 0.15) is 87.0 Å². The maximum Gasteiger partial charge on any atom is 0.514 e. The summed E-state index contributed by atoms with van der Waals surface area (Å²) in [5.41, 5.74) is 0. The lowest BCUT2D eigenvalue weighted by Crippen LogP contribution is -2.72. The summed E-state index contributed by atoms with van der Waals surface area (Å²) in [7, 11) is -4.62. The first-order valence-electron chi connectivity index (χ1n) is 11.0. The van der Waals surface area contributed by atoms with Crippen molar-refractivity contribution in [1.29, 1.82) is 0 Å². The van der Waals surface area contributed by atoms with Crippen molar-refractivity contribution in [2.75, 3.05) is 19.8 Å². The molecule has 0 aliphatic rings. The fourth-order valence-electron chi connectivity index (χ4n) is 3.71. The van der Waals surface area contributed by atoms with Crippen LogP contribution in [0.5, 0.6) is 0 Å². The van der Waals surface area contributed by atoms with Crippen LogP contribution >= 0.6 is 12.6 Å². The highest BCUT2D eigenvalue weighted by molar-refractivity contribution is 7.86. The molecular weight excluding hydrogens is 376 g/mol. The van der Waals surface area contributed by atoms with E-state index in [9.17, 15) is 0 Å². The summed E-state index contributed by atoms with van der Waals surface area (Å²) in [4.78, 5) is 0. The van der Waals surface area contributed by atoms with E-state index < -0.39 is 16.9 Å². The van der Waals surface area contributed by atoms with E-state index in [0.717, 1.165) is 58.3 Å². The van der Waals surface area contributed by atoms with Crippen LogP contribution in [0.4, 0.5) is 0 Å². The third kappa shape index (κ3) is 6.62. The van der Waals surface area contributed by atoms with Crippen LogP contribution < -0.4 is 0 Å². The first kappa shape index (κ1) is 26.7. The molecule has 0 aromatic rings. The Bertz CT molecular complexity index is 315. The van der Waals surface area contributed by atoms with Crippen molar-refractivity contribution in [1.82, 2.24) is 0 Å². The average Bonchev–Trinajstić information content (AvgIpc) is 2.63. The summed E-state index contributed by atoms with van der Waals surface area (Å²) >= 11 is 5.34. The van der Waals surface area contributed by atoms with E-state index >= 15 is 0 Å². The van der Waals surface area contributed by atoms with E-state index in [0.29, 0.717) is 0 Å². The van der Waals surface area contributed by atoms with Gasteiger partial charge in [0, 0.05) is 19.8 Å². The van der Waals surface area contributed by atoms with Gasteiger partial charge in [-0.1, -0.05) is 78.9 Å². The molecule has 0 rings (SSSR count). The quantitative estimate of drug-likeness (QED) is 0.161. The van der Waals surface area contributed by atoms with Crippen molar-refractivity contribution in [3.8, 4) is 0 Å². The monoisotopic (exact) mass is 422 g/mol. The molecule has 6 heteroatoms. The maximum atomic E-state index is 6.59. The molecule has 0 N–H and O–H groups in total. The van der Waals surface area contributed by atoms with E-state index in [1.54, 1.807) is 0 Å². The molecule has 0 aliphatic heterocycles. The maximum absolute atomic E-state index is 6.59. The van der Waals surface area contributed by atoms with Gasteiger partial charge in [-0.25, -0.2) is 0 Å². The topological polar surface area (TPSA) is 27.7 Å². The highest BCUT2D eigenvalue weighted by atomic mass is 32.1. The van der Waals surface area contributed by atoms with Crippen molar-refractivity contribution in [2.24, 2.45) is 0 Å². The van der Waals surface area contributed by atoms with E-state index in [4.69, 9.17) is 25.9 Å². The normalized spacial score (nSPS) is 15.2. The number of unbranched alkanes of at least 4 members (excludes halogenated alkanes) is 3. The lowest BCUT2D eigenvalue weighted by molar-refractivity contribution is 0.0515. The van der Waals surface area contributed by atoms with Crippen molar-refractivity contribution in [2.45, 2.75) is 109 Å². The SMILES string of the molecule is CCCCO[Si](OCCCC)(OCCCC)[C@@](C)(S)[Si](CC)(CC)CC. The first-order valence-corrected chi connectivity index (χ1v) is 15.8. The standard InChI is InChI=1S/C20H46O3SSi2/c1-8-14-17-21-26(22-18-15-9-2,23-19-16-10-3)20(7,24)25(11-4,12-5)13-6/h24H,8-19H2,1-7H3/t20-/m0/s1. The van der Waals surface area contributed by atoms with Gasteiger partial charge >= 0.3 is 8.80 Å². The van der Waals surface area contributed by atoms with Crippen LogP contribution in [-0.4, -0.2) is 40.7 Å². The Labute approximate surface area is 171 Å². The summed E-state index contributed by atoms with van der Waals surface area (Å²) in [6.07, 6.45) is 6.50. The third-order valence-corrected chi connectivity index (χ3v) is 19.9. The molecule has 0 aromatic heterocycles. The van der Waals surface area contributed by atoms with Gasteiger partial charge in [-0.05, 0) is 26.2 Å². The smallest absolute Gasteiger partial charge is 0.373 e. The predicted molar refractivity (Wildman–Crippen MR) is 123 cm³/mol. The molecule has 0 spiro atoms. The molecule has 0 bridgehead atoms. The Morgan fingerprint density at radius 2 is 0.962 bits per heavy atom. The van der Waals surface area contributed by atoms with Crippen molar-refractivity contribution in [3.63, 3.8) is 0 Å². The lowest BCUT2D eigenvalue weighted by atomic mass is 10.4. The summed E-state index contributed by atoms with van der Waals surface area (Å²) in [6.45, 7) is 18.0. The van der Waals surface area contributed by atoms with E-state index in [2.05, 4.69) is 48.5 Å². The number of thiol groups is 1. The highest BCUT2D eigenvalue weighted by Crippen LogP contribution is 2.44. The summed E-state index contributed by atoms with van der Waals surface area (Å²) in [5, 5.41) is 0. The van der Waals surface area contributed by atoms with Crippen LogP contribution in [-0.2, 0) is 13.3 Å². The number of hydrogen-bond acceptors (Lipinski definition) is 4. The van der Waals surface area contributed by atoms with Gasteiger partial charge in [0.15, 0.2) is 0 Å². The fourth-order valence-corrected chi connectivity index (χ4v) is 16.4. The van der Waals surface area contributed by atoms with Crippen LogP contribution in [0.2, 0.25) is 18.1 Å². The second kappa shape index (κ2) is 13.8. The molecule has 3 nitrogen and oxygen atoms in total. The van der Waals surface area contributed by atoms with Gasteiger partial charge in [0.05, 0.1) is 12.1 Å². The molecule has 0 aliphatic carbocycles. The molecule has 0 saturated carbocycles. The summed E-state index contributed by atoms with van der Waals surface area (Å²) in [6, 6.07) is 3.58. The van der Waals surface area contributed by atoms with Gasteiger partial charge in [-0.15, -0.1) is 0 Å². The third-order valence-electron chi connectivity index (χ3n) is 6.03.